The fourth-order valence-electron chi connectivity index (χ4n) is 2.83. The third kappa shape index (κ3) is 3.52. The van der Waals surface area contributed by atoms with E-state index >= 15 is 0 Å². The number of aliphatic imine (C=N–C) groups is 1. The summed E-state index contributed by atoms with van der Waals surface area (Å²) in [5, 5.41) is 14.8. The van der Waals surface area contributed by atoms with Crippen molar-refractivity contribution in [3.05, 3.63) is 48.0 Å². The molecule has 6 nitrogen and oxygen atoms in total. The number of guanidine groups is 1. The molecule has 0 spiro atoms. The van der Waals surface area contributed by atoms with E-state index in [-0.39, 0.29) is 5.41 Å². The summed E-state index contributed by atoms with van der Waals surface area (Å²) in [5.74, 6) is 1.72. The number of hydrogen-bond acceptors (Lipinski definition) is 3. The fourth-order valence-corrected chi connectivity index (χ4v) is 2.83. The van der Waals surface area contributed by atoms with Crippen LogP contribution in [-0.2, 0) is 18.5 Å². The van der Waals surface area contributed by atoms with Crippen molar-refractivity contribution in [3.8, 4) is 0 Å². The van der Waals surface area contributed by atoms with Crippen LogP contribution in [0.15, 0.2) is 41.7 Å². The number of nitrogens with one attached hydrogen (secondary N) is 2. The van der Waals surface area contributed by atoms with Crippen LogP contribution in [0.1, 0.15) is 31.2 Å². The standard InChI is InChI=1S/C17H24N6/c1-3-23-13-21-22-15(23)11-19-16(18-2)20-12-17(9-10-17)14-7-5-4-6-8-14/h4-8,13H,3,9-12H2,1-2H3,(H2,18,19,20). The first-order valence-electron chi connectivity index (χ1n) is 8.14. The van der Waals surface area contributed by atoms with E-state index in [4.69, 9.17) is 0 Å². The van der Waals surface area contributed by atoms with Gasteiger partial charge in [0.05, 0.1) is 6.54 Å². The highest BCUT2D eigenvalue weighted by Crippen LogP contribution is 2.47. The summed E-state index contributed by atoms with van der Waals surface area (Å²) in [6, 6.07) is 10.7. The number of benzene rings is 1. The monoisotopic (exact) mass is 312 g/mol. The quantitative estimate of drug-likeness (QED) is 0.629. The van der Waals surface area contributed by atoms with Crippen molar-refractivity contribution >= 4 is 5.96 Å². The molecular weight excluding hydrogens is 288 g/mol. The molecule has 3 rings (SSSR count). The molecule has 0 atom stereocenters. The Balaban J connectivity index is 1.55. The number of rotatable bonds is 6. The maximum Gasteiger partial charge on any atom is 0.191 e. The van der Waals surface area contributed by atoms with Crippen LogP contribution in [0.5, 0.6) is 0 Å². The largest absolute Gasteiger partial charge is 0.356 e. The van der Waals surface area contributed by atoms with Crippen molar-refractivity contribution in [3.63, 3.8) is 0 Å². The SMILES string of the molecule is CCn1cnnc1CNC(=NC)NCC1(c2ccccc2)CC1. The Kier molecular flexibility index (Phi) is 4.60. The molecule has 1 aliphatic rings. The van der Waals surface area contributed by atoms with Gasteiger partial charge in [-0.2, -0.15) is 0 Å². The van der Waals surface area contributed by atoms with Crippen LogP contribution in [0.2, 0.25) is 0 Å². The zero-order chi connectivity index (χ0) is 16.1. The maximum atomic E-state index is 4.30. The van der Waals surface area contributed by atoms with Crippen molar-refractivity contribution in [2.75, 3.05) is 13.6 Å². The van der Waals surface area contributed by atoms with Gasteiger partial charge in [-0.1, -0.05) is 30.3 Å². The van der Waals surface area contributed by atoms with Crippen LogP contribution in [0.4, 0.5) is 0 Å². The van der Waals surface area contributed by atoms with Crippen molar-refractivity contribution in [2.24, 2.45) is 4.99 Å². The summed E-state index contributed by atoms with van der Waals surface area (Å²) in [6.07, 6.45) is 4.21. The number of nitrogens with zero attached hydrogens (tertiary/aromatic N) is 4. The van der Waals surface area contributed by atoms with Gasteiger partial charge in [-0.05, 0) is 25.3 Å². The molecule has 0 aliphatic heterocycles. The average molecular weight is 312 g/mol. The Morgan fingerprint density at radius 1 is 1.26 bits per heavy atom. The molecule has 122 valence electrons. The average Bonchev–Trinajstić information content (AvgIpc) is 3.26. The first-order valence-corrected chi connectivity index (χ1v) is 8.14. The number of hydrogen-bond donors (Lipinski definition) is 2. The lowest BCUT2D eigenvalue weighted by molar-refractivity contribution is 0.633. The van der Waals surface area contributed by atoms with Gasteiger partial charge in [0.15, 0.2) is 11.8 Å². The van der Waals surface area contributed by atoms with E-state index in [9.17, 15) is 0 Å². The third-order valence-corrected chi connectivity index (χ3v) is 4.51. The van der Waals surface area contributed by atoms with Gasteiger partial charge in [-0.25, -0.2) is 0 Å². The van der Waals surface area contributed by atoms with E-state index in [1.807, 2.05) is 4.57 Å². The highest BCUT2D eigenvalue weighted by Gasteiger charge is 2.43. The van der Waals surface area contributed by atoms with Gasteiger partial charge in [0.2, 0.25) is 0 Å². The number of aromatic nitrogens is 3. The van der Waals surface area contributed by atoms with E-state index in [0.717, 1.165) is 24.9 Å². The highest BCUT2D eigenvalue weighted by atomic mass is 15.3. The van der Waals surface area contributed by atoms with E-state index in [0.29, 0.717) is 6.54 Å². The van der Waals surface area contributed by atoms with Crippen molar-refractivity contribution in [1.82, 2.24) is 25.4 Å². The molecule has 6 heteroatoms. The van der Waals surface area contributed by atoms with E-state index < -0.39 is 0 Å². The predicted octanol–water partition coefficient (Wildman–Crippen LogP) is 1.69. The Hall–Kier alpha value is -2.37. The second-order valence-electron chi connectivity index (χ2n) is 5.96. The molecule has 2 N–H and O–H groups in total. The van der Waals surface area contributed by atoms with Gasteiger partial charge < -0.3 is 15.2 Å². The first kappa shape index (κ1) is 15.5. The molecule has 1 aliphatic carbocycles. The summed E-state index contributed by atoms with van der Waals surface area (Å²) in [5.41, 5.74) is 1.68. The van der Waals surface area contributed by atoms with Gasteiger partial charge in [-0.15, -0.1) is 10.2 Å². The normalized spacial score (nSPS) is 16.2. The van der Waals surface area contributed by atoms with Crippen LogP contribution < -0.4 is 10.6 Å². The van der Waals surface area contributed by atoms with E-state index in [2.05, 4.69) is 63.1 Å². The van der Waals surface area contributed by atoms with Crippen LogP contribution in [0.25, 0.3) is 0 Å². The highest BCUT2D eigenvalue weighted by molar-refractivity contribution is 5.79. The summed E-state index contributed by atoms with van der Waals surface area (Å²) in [4.78, 5) is 4.30. The minimum atomic E-state index is 0.266. The molecule has 2 aromatic rings. The van der Waals surface area contributed by atoms with Gasteiger partial charge in [-0.3, -0.25) is 4.99 Å². The topological polar surface area (TPSA) is 67.1 Å². The number of aryl methyl sites for hydroxylation is 1. The second kappa shape index (κ2) is 6.81. The summed E-state index contributed by atoms with van der Waals surface area (Å²) in [6.45, 7) is 4.47. The molecule has 1 fully saturated rings. The molecule has 0 unspecified atom stereocenters. The molecule has 1 aromatic carbocycles. The molecule has 1 heterocycles. The summed E-state index contributed by atoms with van der Waals surface area (Å²) < 4.78 is 2.02. The van der Waals surface area contributed by atoms with E-state index in [1.165, 1.54) is 18.4 Å². The smallest absolute Gasteiger partial charge is 0.191 e. The Morgan fingerprint density at radius 3 is 2.70 bits per heavy atom. The van der Waals surface area contributed by atoms with Gasteiger partial charge >= 0.3 is 0 Å². The Bertz CT molecular complexity index is 657. The molecule has 1 aromatic heterocycles. The van der Waals surface area contributed by atoms with Crippen molar-refractivity contribution in [2.45, 2.75) is 38.3 Å². The zero-order valence-corrected chi connectivity index (χ0v) is 13.8. The summed E-state index contributed by atoms with van der Waals surface area (Å²) >= 11 is 0. The maximum absolute atomic E-state index is 4.30. The van der Waals surface area contributed by atoms with Crippen LogP contribution in [-0.4, -0.2) is 34.3 Å². The predicted molar refractivity (Wildman–Crippen MR) is 91.3 cm³/mol. The lowest BCUT2D eigenvalue weighted by atomic mass is 9.96. The van der Waals surface area contributed by atoms with Crippen molar-refractivity contribution in [1.29, 1.82) is 0 Å². The van der Waals surface area contributed by atoms with Gasteiger partial charge in [0, 0.05) is 25.6 Å². The van der Waals surface area contributed by atoms with Gasteiger partial charge in [0.1, 0.15) is 6.33 Å². The molecule has 0 amide bonds. The fraction of sp³-hybridized carbons (Fsp3) is 0.471. The molecule has 0 radical (unpaired) electrons. The Morgan fingerprint density at radius 2 is 2.04 bits per heavy atom. The van der Waals surface area contributed by atoms with Crippen molar-refractivity contribution < 1.29 is 0 Å². The molecule has 1 saturated carbocycles. The third-order valence-electron chi connectivity index (χ3n) is 4.51. The minimum absolute atomic E-state index is 0.266. The molecule has 0 saturated heterocycles. The zero-order valence-electron chi connectivity index (χ0n) is 13.8. The lowest BCUT2D eigenvalue weighted by Gasteiger charge is -2.19. The van der Waals surface area contributed by atoms with E-state index in [1.54, 1.807) is 13.4 Å². The first-order chi connectivity index (χ1) is 11.3. The van der Waals surface area contributed by atoms with Crippen LogP contribution in [0.3, 0.4) is 0 Å². The molecular formula is C17H24N6. The van der Waals surface area contributed by atoms with Gasteiger partial charge in [0.25, 0.3) is 0 Å². The molecule has 23 heavy (non-hydrogen) atoms. The minimum Gasteiger partial charge on any atom is -0.356 e. The summed E-state index contributed by atoms with van der Waals surface area (Å²) in [7, 11) is 1.79. The lowest BCUT2D eigenvalue weighted by Crippen LogP contribution is -2.41. The Labute approximate surface area is 137 Å². The molecule has 0 bridgehead atoms. The second-order valence-corrected chi connectivity index (χ2v) is 5.96. The van der Waals surface area contributed by atoms with Crippen LogP contribution >= 0.6 is 0 Å². The van der Waals surface area contributed by atoms with Crippen LogP contribution in [0, 0.1) is 0 Å².